The van der Waals surface area contributed by atoms with Gasteiger partial charge in [-0.3, -0.25) is 4.79 Å². The van der Waals surface area contributed by atoms with Crippen LogP contribution in [0.2, 0.25) is 0 Å². The first kappa shape index (κ1) is 16.3. The summed E-state index contributed by atoms with van der Waals surface area (Å²) in [5.74, 6) is 1.52. The topological polar surface area (TPSA) is 52.3 Å². The zero-order valence-electron chi connectivity index (χ0n) is 13.1. The molecule has 0 unspecified atom stereocenters. The van der Waals surface area contributed by atoms with Crippen LogP contribution in [0.25, 0.3) is 11.3 Å². The second-order valence-corrected chi connectivity index (χ2v) is 6.17. The van der Waals surface area contributed by atoms with Gasteiger partial charge in [0.15, 0.2) is 5.76 Å². The molecule has 0 atom stereocenters. The number of rotatable bonds is 7. The van der Waals surface area contributed by atoms with E-state index >= 15 is 0 Å². The molecule has 4 nitrogen and oxygen atoms in total. The van der Waals surface area contributed by atoms with E-state index in [0.29, 0.717) is 17.2 Å². The van der Waals surface area contributed by atoms with Crippen molar-refractivity contribution in [2.75, 3.05) is 5.75 Å². The van der Waals surface area contributed by atoms with Gasteiger partial charge in [0.05, 0.1) is 5.75 Å². The number of carbonyl (C=O) groups excluding carboxylic acids is 1. The first-order valence-corrected chi connectivity index (χ1v) is 8.75. The van der Waals surface area contributed by atoms with Gasteiger partial charge < -0.3 is 9.26 Å². The molecule has 24 heavy (non-hydrogen) atoms. The number of nitrogens with zero attached hydrogens (tertiary/aromatic N) is 1. The molecular formula is C19H17NO3S. The Morgan fingerprint density at radius 3 is 2.50 bits per heavy atom. The van der Waals surface area contributed by atoms with Crippen molar-refractivity contribution in [2.45, 2.75) is 12.4 Å². The van der Waals surface area contributed by atoms with Gasteiger partial charge in [-0.1, -0.05) is 65.8 Å². The van der Waals surface area contributed by atoms with Gasteiger partial charge in [-0.15, -0.1) is 11.8 Å². The predicted molar refractivity (Wildman–Crippen MR) is 94.3 cm³/mol. The Labute approximate surface area is 144 Å². The lowest BCUT2D eigenvalue weighted by molar-refractivity contribution is -0.141. The summed E-state index contributed by atoms with van der Waals surface area (Å²) in [5, 5.41) is 3.93. The lowest BCUT2D eigenvalue weighted by Gasteiger charge is -2.03. The molecule has 2 aromatic carbocycles. The van der Waals surface area contributed by atoms with Gasteiger partial charge in [-0.25, -0.2) is 0 Å². The molecule has 0 saturated heterocycles. The van der Waals surface area contributed by atoms with Gasteiger partial charge >= 0.3 is 5.97 Å². The Morgan fingerprint density at radius 1 is 1.04 bits per heavy atom. The van der Waals surface area contributed by atoms with E-state index in [1.165, 1.54) is 17.3 Å². The quantitative estimate of drug-likeness (QED) is 0.600. The molecule has 1 aromatic heterocycles. The fraction of sp³-hybridized carbons (Fsp3) is 0.158. The molecule has 0 aliphatic rings. The highest BCUT2D eigenvalue weighted by Gasteiger charge is 2.09. The second kappa shape index (κ2) is 8.36. The van der Waals surface area contributed by atoms with E-state index in [1.54, 1.807) is 6.07 Å². The Morgan fingerprint density at radius 2 is 1.75 bits per heavy atom. The minimum absolute atomic E-state index is 0.126. The molecule has 0 saturated carbocycles. The summed E-state index contributed by atoms with van der Waals surface area (Å²) in [5.41, 5.74) is 2.75. The summed E-state index contributed by atoms with van der Waals surface area (Å²) in [6.45, 7) is 0.126. The molecule has 0 fully saturated rings. The van der Waals surface area contributed by atoms with Crippen molar-refractivity contribution in [2.24, 2.45) is 0 Å². The molecule has 0 amide bonds. The van der Waals surface area contributed by atoms with Crippen LogP contribution in [0.15, 0.2) is 71.3 Å². The van der Waals surface area contributed by atoms with Crippen molar-refractivity contribution >= 4 is 17.7 Å². The Balaban J connectivity index is 1.42. The molecule has 3 rings (SSSR count). The molecular weight excluding hydrogens is 322 g/mol. The third-order valence-electron chi connectivity index (χ3n) is 3.33. The van der Waals surface area contributed by atoms with Crippen molar-refractivity contribution in [3.63, 3.8) is 0 Å². The lowest BCUT2D eigenvalue weighted by atomic mass is 10.2. The molecule has 0 bridgehead atoms. The normalized spacial score (nSPS) is 10.5. The van der Waals surface area contributed by atoms with Crippen LogP contribution in [0, 0.1) is 0 Å². The summed E-state index contributed by atoms with van der Waals surface area (Å²) < 4.78 is 10.5. The summed E-state index contributed by atoms with van der Waals surface area (Å²) in [6, 6.07) is 21.5. The van der Waals surface area contributed by atoms with Crippen LogP contribution in [0.3, 0.4) is 0 Å². The average Bonchev–Trinajstić information content (AvgIpc) is 3.11. The van der Waals surface area contributed by atoms with Crippen molar-refractivity contribution < 1.29 is 14.1 Å². The van der Waals surface area contributed by atoms with Gasteiger partial charge in [0.1, 0.15) is 12.3 Å². The first-order valence-electron chi connectivity index (χ1n) is 7.59. The van der Waals surface area contributed by atoms with Crippen LogP contribution >= 0.6 is 11.8 Å². The largest absolute Gasteiger partial charge is 0.458 e. The predicted octanol–water partition coefficient (Wildman–Crippen LogP) is 4.32. The number of carbonyl (C=O) groups is 1. The van der Waals surface area contributed by atoms with Crippen molar-refractivity contribution in [1.82, 2.24) is 5.16 Å². The molecule has 0 radical (unpaired) electrons. The zero-order valence-corrected chi connectivity index (χ0v) is 13.9. The summed E-state index contributed by atoms with van der Waals surface area (Å²) >= 11 is 1.53. The maximum Gasteiger partial charge on any atom is 0.316 e. The van der Waals surface area contributed by atoms with Crippen LogP contribution in [0.5, 0.6) is 0 Å². The van der Waals surface area contributed by atoms with Gasteiger partial charge in [-0.2, -0.15) is 0 Å². The first-order chi connectivity index (χ1) is 11.8. The van der Waals surface area contributed by atoms with Crippen molar-refractivity contribution in [1.29, 1.82) is 0 Å². The maximum absolute atomic E-state index is 11.8. The van der Waals surface area contributed by atoms with E-state index in [4.69, 9.17) is 9.26 Å². The number of thioether (sulfide) groups is 1. The molecule has 0 aliphatic heterocycles. The highest BCUT2D eigenvalue weighted by atomic mass is 32.2. The summed E-state index contributed by atoms with van der Waals surface area (Å²) in [4.78, 5) is 11.8. The number of aromatic nitrogens is 1. The van der Waals surface area contributed by atoms with E-state index in [-0.39, 0.29) is 12.6 Å². The van der Waals surface area contributed by atoms with E-state index in [2.05, 4.69) is 5.16 Å². The average molecular weight is 339 g/mol. The lowest BCUT2D eigenvalue weighted by Crippen LogP contribution is -2.07. The smallest absolute Gasteiger partial charge is 0.316 e. The molecule has 1 heterocycles. The molecule has 0 N–H and O–H groups in total. The third-order valence-corrected chi connectivity index (χ3v) is 4.31. The van der Waals surface area contributed by atoms with E-state index in [0.717, 1.165) is 11.3 Å². The monoisotopic (exact) mass is 339 g/mol. The SMILES string of the molecule is O=C(CSCc1ccccc1)OCc1cc(-c2ccccc2)on1. The van der Waals surface area contributed by atoms with Gasteiger partial charge in [0.2, 0.25) is 0 Å². The van der Waals surface area contributed by atoms with Gasteiger partial charge in [0, 0.05) is 17.4 Å². The van der Waals surface area contributed by atoms with Crippen LogP contribution in [0.4, 0.5) is 0 Å². The van der Waals surface area contributed by atoms with Gasteiger partial charge in [0.25, 0.3) is 0 Å². The van der Waals surface area contributed by atoms with E-state index in [1.807, 2.05) is 60.7 Å². The third kappa shape index (κ3) is 4.73. The molecule has 3 aromatic rings. The zero-order chi connectivity index (χ0) is 16.6. The Hall–Kier alpha value is -2.53. The fourth-order valence-corrected chi connectivity index (χ4v) is 2.92. The van der Waals surface area contributed by atoms with E-state index in [9.17, 15) is 4.79 Å². The number of benzene rings is 2. The van der Waals surface area contributed by atoms with Crippen LogP contribution < -0.4 is 0 Å². The second-order valence-electron chi connectivity index (χ2n) is 5.19. The maximum atomic E-state index is 11.8. The molecule has 5 heteroatoms. The summed E-state index contributed by atoms with van der Waals surface area (Å²) in [6.07, 6.45) is 0. The van der Waals surface area contributed by atoms with Crippen molar-refractivity contribution in [3.05, 3.63) is 78.0 Å². The van der Waals surface area contributed by atoms with Crippen LogP contribution in [0.1, 0.15) is 11.3 Å². The highest BCUT2D eigenvalue weighted by Crippen LogP contribution is 2.20. The molecule has 0 spiro atoms. The fourth-order valence-electron chi connectivity index (χ4n) is 2.14. The van der Waals surface area contributed by atoms with Crippen molar-refractivity contribution in [3.8, 4) is 11.3 Å². The van der Waals surface area contributed by atoms with E-state index < -0.39 is 0 Å². The minimum atomic E-state index is -0.250. The van der Waals surface area contributed by atoms with Crippen LogP contribution in [-0.4, -0.2) is 16.9 Å². The minimum Gasteiger partial charge on any atom is -0.458 e. The molecule has 0 aliphatic carbocycles. The highest BCUT2D eigenvalue weighted by molar-refractivity contribution is 7.99. The van der Waals surface area contributed by atoms with Crippen LogP contribution in [-0.2, 0) is 21.9 Å². The number of hydrogen-bond acceptors (Lipinski definition) is 5. The number of esters is 1. The Kier molecular flexibility index (Phi) is 5.69. The molecule has 122 valence electrons. The standard InChI is InChI=1S/C19H17NO3S/c21-19(14-24-13-15-7-3-1-4-8-15)22-12-17-11-18(23-20-17)16-9-5-2-6-10-16/h1-11H,12-14H2. The summed E-state index contributed by atoms with van der Waals surface area (Å²) in [7, 11) is 0. The number of ether oxygens (including phenoxy) is 1. The van der Waals surface area contributed by atoms with Gasteiger partial charge in [-0.05, 0) is 5.56 Å². The number of hydrogen-bond donors (Lipinski definition) is 0. The Bertz CT molecular complexity index is 772.